The standard InChI is InChI=1S/C20H26N4O/c1-19-12-23(11-16-7-5-4-6-8-16)13-20(19,2)15-24(14-19)18(25)17-9-10-22(3)21-17/h4-10H,11-15H2,1-3H3. The molecule has 0 aliphatic carbocycles. The molecular formula is C20H26N4O. The Morgan fingerprint density at radius 2 is 1.68 bits per heavy atom. The molecule has 4 rings (SSSR count). The molecule has 0 saturated carbocycles. The largest absolute Gasteiger partial charge is 0.336 e. The van der Waals surface area contributed by atoms with Crippen molar-refractivity contribution in [2.45, 2.75) is 20.4 Å². The zero-order valence-corrected chi connectivity index (χ0v) is 15.3. The second-order valence-corrected chi connectivity index (χ2v) is 8.29. The van der Waals surface area contributed by atoms with Gasteiger partial charge < -0.3 is 4.90 Å². The molecule has 2 fully saturated rings. The number of rotatable bonds is 3. The maximum Gasteiger partial charge on any atom is 0.274 e. The van der Waals surface area contributed by atoms with Crippen molar-refractivity contribution in [1.29, 1.82) is 0 Å². The van der Waals surface area contributed by atoms with Crippen LogP contribution in [-0.4, -0.2) is 51.7 Å². The normalized spacial score (nSPS) is 29.2. The Morgan fingerprint density at radius 1 is 1.04 bits per heavy atom. The molecule has 0 N–H and O–H groups in total. The zero-order valence-electron chi connectivity index (χ0n) is 15.3. The SMILES string of the molecule is Cn1ccc(C(=O)N2CC3(C)CN(Cc4ccccc4)CC3(C)C2)n1. The van der Waals surface area contributed by atoms with Crippen LogP contribution in [-0.2, 0) is 13.6 Å². The van der Waals surface area contributed by atoms with E-state index in [1.165, 1.54) is 5.56 Å². The fraction of sp³-hybridized carbons (Fsp3) is 0.500. The molecular weight excluding hydrogens is 312 g/mol. The number of carbonyl (C=O) groups is 1. The van der Waals surface area contributed by atoms with Gasteiger partial charge in [0.05, 0.1) is 0 Å². The van der Waals surface area contributed by atoms with Gasteiger partial charge in [-0.05, 0) is 11.6 Å². The Labute approximate surface area is 149 Å². The number of benzene rings is 1. The number of carbonyl (C=O) groups excluding carboxylic acids is 1. The molecule has 0 spiro atoms. The molecule has 2 aliphatic heterocycles. The highest BCUT2D eigenvalue weighted by Crippen LogP contribution is 2.51. The van der Waals surface area contributed by atoms with Crippen LogP contribution in [0.15, 0.2) is 42.6 Å². The van der Waals surface area contributed by atoms with Crippen LogP contribution in [0.1, 0.15) is 29.9 Å². The lowest BCUT2D eigenvalue weighted by Gasteiger charge is -2.30. The molecule has 25 heavy (non-hydrogen) atoms. The minimum absolute atomic E-state index is 0.0621. The molecule has 2 saturated heterocycles. The monoisotopic (exact) mass is 338 g/mol. The van der Waals surface area contributed by atoms with Gasteiger partial charge in [-0.3, -0.25) is 14.4 Å². The number of hydrogen-bond acceptors (Lipinski definition) is 3. The van der Waals surface area contributed by atoms with Gasteiger partial charge in [-0.1, -0.05) is 44.2 Å². The van der Waals surface area contributed by atoms with E-state index in [1.54, 1.807) is 4.68 Å². The van der Waals surface area contributed by atoms with E-state index >= 15 is 0 Å². The second kappa shape index (κ2) is 5.70. The Bertz CT molecular complexity index is 766. The quantitative estimate of drug-likeness (QED) is 0.863. The summed E-state index contributed by atoms with van der Waals surface area (Å²) in [5.74, 6) is 0.0621. The summed E-state index contributed by atoms with van der Waals surface area (Å²) in [5.41, 5.74) is 2.17. The number of fused-ring (bicyclic) bond motifs is 1. The molecule has 0 radical (unpaired) electrons. The summed E-state index contributed by atoms with van der Waals surface area (Å²) in [4.78, 5) is 17.3. The fourth-order valence-electron chi connectivity index (χ4n) is 4.59. The predicted molar refractivity (Wildman–Crippen MR) is 97.0 cm³/mol. The highest BCUT2D eigenvalue weighted by molar-refractivity contribution is 5.92. The van der Waals surface area contributed by atoms with E-state index in [-0.39, 0.29) is 16.7 Å². The number of aromatic nitrogens is 2. The van der Waals surface area contributed by atoms with E-state index < -0.39 is 0 Å². The second-order valence-electron chi connectivity index (χ2n) is 8.29. The van der Waals surface area contributed by atoms with Gasteiger partial charge in [-0.25, -0.2) is 0 Å². The topological polar surface area (TPSA) is 41.4 Å². The maximum absolute atomic E-state index is 12.8. The third-order valence-electron chi connectivity index (χ3n) is 6.15. The fourth-order valence-corrected chi connectivity index (χ4v) is 4.59. The van der Waals surface area contributed by atoms with Crippen molar-refractivity contribution in [2.75, 3.05) is 26.2 Å². The first-order chi connectivity index (χ1) is 11.9. The Morgan fingerprint density at radius 3 is 2.24 bits per heavy atom. The van der Waals surface area contributed by atoms with Gasteiger partial charge in [0, 0.05) is 56.8 Å². The van der Waals surface area contributed by atoms with E-state index in [1.807, 2.05) is 24.2 Å². The van der Waals surface area contributed by atoms with Crippen LogP contribution in [0.5, 0.6) is 0 Å². The van der Waals surface area contributed by atoms with Crippen molar-refractivity contribution in [3.8, 4) is 0 Å². The maximum atomic E-state index is 12.8. The summed E-state index contributed by atoms with van der Waals surface area (Å²) in [6.45, 7) is 9.34. The van der Waals surface area contributed by atoms with E-state index in [2.05, 4.69) is 54.2 Å². The number of aryl methyl sites for hydroxylation is 1. The summed E-state index contributed by atoms with van der Waals surface area (Å²) < 4.78 is 1.69. The smallest absolute Gasteiger partial charge is 0.274 e. The van der Waals surface area contributed by atoms with Crippen molar-refractivity contribution in [3.63, 3.8) is 0 Å². The molecule has 2 unspecified atom stereocenters. The lowest BCUT2D eigenvalue weighted by molar-refractivity contribution is 0.0750. The minimum Gasteiger partial charge on any atom is -0.336 e. The van der Waals surface area contributed by atoms with E-state index in [0.29, 0.717) is 5.69 Å². The van der Waals surface area contributed by atoms with Gasteiger partial charge in [0.2, 0.25) is 0 Å². The third kappa shape index (κ3) is 2.76. The Kier molecular flexibility index (Phi) is 3.72. The van der Waals surface area contributed by atoms with Crippen LogP contribution >= 0.6 is 0 Å². The van der Waals surface area contributed by atoms with Gasteiger partial charge in [0.15, 0.2) is 0 Å². The van der Waals surface area contributed by atoms with E-state index in [9.17, 15) is 4.79 Å². The average molecular weight is 338 g/mol. The lowest BCUT2D eigenvalue weighted by atomic mass is 9.71. The highest BCUT2D eigenvalue weighted by atomic mass is 16.2. The van der Waals surface area contributed by atoms with Crippen molar-refractivity contribution in [2.24, 2.45) is 17.9 Å². The van der Waals surface area contributed by atoms with E-state index in [4.69, 9.17) is 0 Å². The van der Waals surface area contributed by atoms with Crippen LogP contribution in [0.2, 0.25) is 0 Å². The molecule has 2 aliphatic rings. The zero-order chi connectivity index (χ0) is 17.7. The lowest BCUT2D eigenvalue weighted by Crippen LogP contribution is -2.35. The van der Waals surface area contributed by atoms with Gasteiger partial charge in [0.1, 0.15) is 5.69 Å². The molecule has 1 amide bonds. The van der Waals surface area contributed by atoms with Crippen molar-refractivity contribution < 1.29 is 4.79 Å². The Balaban J connectivity index is 1.47. The van der Waals surface area contributed by atoms with Crippen LogP contribution in [0.4, 0.5) is 0 Å². The number of hydrogen-bond donors (Lipinski definition) is 0. The molecule has 5 heteroatoms. The Hall–Kier alpha value is -2.14. The highest BCUT2D eigenvalue weighted by Gasteiger charge is 2.58. The molecule has 2 atom stereocenters. The van der Waals surface area contributed by atoms with Crippen molar-refractivity contribution >= 4 is 5.91 Å². The summed E-state index contributed by atoms with van der Waals surface area (Å²) in [5, 5.41) is 4.28. The molecule has 3 heterocycles. The average Bonchev–Trinajstić information content (AvgIpc) is 3.16. The summed E-state index contributed by atoms with van der Waals surface area (Å²) in [7, 11) is 1.85. The molecule has 0 bridgehead atoms. The number of amides is 1. The summed E-state index contributed by atoms with van der Waals surface area (Å²) in [6, 6.07) is 12.5. The number of likely N-dealkylation sites (tertiary alicyclic amines) is 2. The first kappa shape index (κ1) is 16.3. The van der Waals surface area contributed by atoms with Gasteiger partial charge >= 0.3 is 0 Å². The van der Waals surface area contributed by atoms with Crippen LogP contribution < -0.4 is 0 Å². The van der Waals surface area contributed by atoms with Crippen LogP contribution in [0, 0.1) is 10.8 Å². The predicted octanol–water partition coefficient (Wildman–Crippen LogP) is 2.40. The molecule has 132 valence electrons. The first-order valence-corrected chi connectivity index (χ1v) is 8.94. The summed E-state index contributed by atoms with van der Waals surface area (Å²) in [6.07, 6.45) is 1.83. The van der Waals surface area contributed by atoms with Gasteiger partial charge in [-0.2, -0.15) is 5.10 Å². The van der Waals surface area contributed by atoms with Crippen LogP contribution in [0.3, 0.4) is 0 Å². The first-order valence-electron chi connectivity index (χ1n) is 8.94. The third-order valence-corrected chi connectivity index (χ3v) is 6.15. The molecule has 1 aromatic carbocycles. The summed E-state index contributed by atoms with van der Waals surface area (Å²) >= 11 is 0. The van der Waals surface area contributed by atoms with Crippen LogP contribution in [0.25, 0.3) is 0 Å². The molecule has 2 aromatic rings. The van der Waals surface area contributed by atoms with E-state index in [0.717, 1.165) is 32.7 Å². The van der Waals surface area contributed by atoms with Crippen molar-refractivity contribution in [3.05, 3.63) is 53.9 Å². The van der Waals surface area contributed by atoms with Gasteiger partial charge in [-0.15, -0.1) is 0 Å². The number of nitrogens with zero attached hydrogens (tertiary/aromatic N) is 4. The van der Waals surface area contributed by atoms with Crippen molar-refractivity contribution in [1.82, 2.24) is 19.6 Å². The minimum atomic E-state index is 0.0621. The van der Waals surface area contributed by atoms with Gasteiger partial charge in [0.25, 0.3) is 5.91 Å². The molecule has 1 aromatic heterocycles. The molecule has 5 nitrogen and oxygen atoms in total.